The second-order valence-corrected chi connectivity index (χ2v) is 5.14. The summed E-state index contributed by atoms with van der Waals surface area (Å²) in [6, 6.07) is 8.09. The lowest BCUT2D eigenvalue weighted by molar-refractivity contribution is 0.342. The SMILES string of the molecule is COc1ccc([C@H](N)CC(C)(C)C)cc1. The molecule has 0 heterocycles. The minimum atomic E-state index is 0.107. The Bertz CT molecular complexity index is 297. The normalized spacial score (nSPS) is 13.7. The number of hydrogen-bond donors (Lipinski definition) is 1. The molecule has 0 saturated carbocycles. The topological polar surface area (TPSA) is 35.2 Å². The molecule has 1 aromatic carbocycles. The molecule has 1 atom stereocenters. The summed E-state index contributed by atoms with van der Waals surface area (Å²) in [5, 5.41) is 0. The Balaban J connectivity index is 2.70. The lowest BCUT2D eigenvalue weighted by Crippen LogP contribution is -2.18. The van der Waals surface area contributed by atoms with Gasteiger partial charge in [0.15, 0.2) is 0 Å². The van der Waals surface area contributed by atoms with E-state index in [0.717, 1.165) is 12.2 Å². The third-order valence-corrected chi connectivity index (χ3v) is 2.38. The maximum Gasteiger partial charge on any atom is 0.118 e. The first-order valence-electron chi connectivity index (χ1n) is 5.32. The van der Waals surface area contributed by atoms with E-state index in [1.807, 2.05) is 24.3 Å². The fourth-order valence-electron chi connectivity index (χ4n) is 1.63. The smallest absolute Gasteiger partial charge is 0.118 e. The Hall–Kier alpha value is -1.02. The standard InChI is InChI=1S/C13H21NO/c1-13(2,3)9-12(14)10-5-7-11(15-4)8-6-10/h5-8,12H,9,14H2,1-4H3/t12-/m1/s1. The largest absolute Gasteiger partial charge is 0.497 e. The summed E-state index contributed by atoms with van der Waals surface area (Å²) >= 11 is 0. The van der Waals surface area contributed by atoms with Crippen LogP contribution < -0.4 is 10.5 Å². The lowest BCUT2D eigenvalue weighted by atomic mass is 9.86. The highest BCUT2D eigenvalue weighted by atomic mass is 16.5. The molecule has 0 radical (unpaired) electrons. The second-order valence-electron chi connectivity index (χ2n) is 5.14. The second kappa shape index (κ2) is 4.67. The van der Waals surface area contributed by atoms with Crippen molar-refractivity contribution in [1.82, 2.24) is 0 Å². The van der Waals surface area contributed by atoms with Crippen LogP contribution in [0.2, 0.25) is 0 Å². The van der Waals surface area contributed by atoms with Gasteiger partial charge in [-0.3, -0.25) is 0 Å². The molecule has 0 spiro atoms. The van der Waals surface area contributed by atoms with E-state index in [0.29, 0.717) is 0 Å². The van der Waals surface area contributed by atoms with Gasteiger partial charge in [-0.25, -0.2) is 0 Å². The van der Waals surface area contributed by atoms with Gasteiger partial charge in [-0.05, 0) is 29.5 Å². The van der Waals surface area contributed by atoms with Crippen molar-refractivity contribution in [3.8, 4) is 5.75 Å². The van der Waals surface area contributed by atoms with E-state index in [4.69, 9.17) is 10.5 Å². The molecular weight excluding hydrogens is 186 g/mol. The van der Waals surface area contributed by atoms with E-state index in [9.17, 15) is 0 Å². The summed E-state index contributed by atoms with van der Waals surface area (Å²) < 4.78 is 5.11. The zero-order valence-electron chi connectivity index (χ0n) is 10.1. The van der Waals surface area contributed by atoms with Crippen LogP contribution in [0.5, 0.6) is 5.75 Å². The first-order valence-corrected chi connectivity index (χ1v) is 5.32. The first-order chi connectivity index (χ1) is 6.92. The average molecular weight is 207 g/mol. The van der Waals surface area contributed by atoms with Crippen molar-refractivity contribution in [2.75, 3.05) is 7.11 Å². The fraction of sp³-hybridized carbons (Fsp3) is 0.538. The van der Waals surface area contributed by atoms with E-state index >= 15 is 0 Å². The summed E-state index contributed by atoms with van der Waals surface area (Å²) in [7, 11) is 1.67. The van der Waals surface area contributed by atoms with Crippen LogP contribution in [-0.2, 0) is 0 Å². The van der Waals surface area contributed by atoms with Gasteiger partial charge in [0.05, 0.1) is 7.11 Å². The number of methoxy groups -OCH3 is 1. The summed E-state index contributed by atoms with van der Waals surface area (Å²) in [5.74, 6) is 0.877. The molecule has 0 aliphatic heterocycles. The Morgan fingerprint density at radius 1 is 1.20 bits per heavy atom. The molecule has 84 valence electrons. The van der Waals surface area contributed by atoms with Crippen molar-refractivity contribution < 1.29 is 4.74 Å². The summed E-state index contributed by atoms with van der Waals surface area (Å²) in [6.07, 6.45) is 0.985. The summed E-state index contributed by atoms with van der Waals surface area (Å²) in [4.78, 5) is 0. The van der Waals surface area contributed by atoms with Gasteiger partial charge in [-0.2, -0.15) is 0 Å². The molecule has 0 fully saturated rings. The number of rotatable bonds is 3. The van der Waals surface area contributed by atoms with Crippen molar-refractivity contribution in [2.45, 2.75) is 33.2 Å². The predicted octanol–water partition coefficient (Wildman–Crippen LogP) is 3.13. The highest BCUT2D eigenvalue weighted by Crippen LogP contribution is 2.28. The maximum atomic E-state index is 6.13. The zero-order valence-corrected chi connectivity index (χ0v) is 10.1. The van der Waals surface area contributed by atoms with E-state index in [-0.39, 0.29) is 11.5 Å². The molecule has 2 heteroatoms. The Morgan fingerprint density at radius 3 is 2.13 bits per heavy atom. The quantitative estimate of drug-likeness (QED) is 0.826. The van der Waals surface area contributed by atoms with E-state index in [1.165, 1.54) is 5.56 Å². The van der Waals surface area contributed by atoms with Crippen molar-refractivity contribution in [1.29, 1.82) is 0 Å². The van der Waals surface area contributed by atoms with Gasteiger partial charge in [0.25, 0.3) is 0 Å². The van der Waals surface area contributed by atoms with Gasteiger partial charge in [0.1, 0.15) is 5.75 Å². The molecule has 0 aliphatic carbocycles. The minimum Gasteiger partial charge on any atom is -0.497 e. The monoisotopic (exact) mass is 207 g/mol. The molecule has 0 unspecified atom stereocenters. The van der Waals surface area contributed by atoms with Gasteiger partial charge in [0.2, 0.25) is 0 Å². The molecule has 0 amide bonds. The molecular formula is C13H21NO. The highest BCUT2D eigenvalue weighted by Gasteiger charge is 2.16. The van der Waals surface area contributed by atoms with Gasteiger partial charge in [0, 0.05) is 6.04 Å². The molecule has 0 bridgehead atoms. The van der Waals surface area contributed by atoms with E-state index < -0.39 is 0 Å². The molecule has 1 aromatic rings. The van der Waals surface area contributed by atoms with Crippen molar-refractivity contribution >= 4 is 0 Å². The zero-order chi connectivity index (χ0) is 11.5. The molecule has 0 aromatic heterocycles. The van der Waals surface area contributed by atoms with Crippen molar-refractivity contribution in [2.24, 2.45) is 11.1 Å². The van der Waals surface area contributed by atoms with Crippen LogP contribution in [-0.4, -0.2) is 7.11 Å². The molecule has 1 rings (SSSR count). The third kappa shape index (κ3) is 3.92. The fourth-order valence-corrected chi connectivity index (χ4v) is 1.63. The molecule has 2 N–H and O–H groups in total. The molecule has 0 saturated heterocycles. The predicted molar refractivity (Wildman–Crippen MR) is 64.0 cm³/mol. The number of benzene rings is 1. The van der Waals surface area contributed by atoms with E-state index in [1.54, 1.807) is 7.11 Å². The average Bonchev–Trinajstić information content (AvgIpc) is 2.15. The van der Waals surface area contributed by atoms with Crippen LogP contribution in [0.3, 0.4) is 0 Å². The van der Waals surface area contributed by atoms with Gasteiger partial charge >= 0.3 is 0 Å². The van der Waals surface area contributed by atoms with Gasteiger partial charge in [-0.15, -0.1) is 0 Å². The van der Waals surface area contributed by atoms with Crippen molar-refractivity contribution in [3.05, 3.63) is 29.8 Å². The van der Waals surface area contributed by atoms with Crippen LogP contribution in [0.4, 0.5) is 0 Å². The van der Waals surface area contributed by atoms with Crippen LogP contribution >= 0.6 is 0 Å². The Morgan fingerprint density at radius 2 is 1.73 bits per heavy atom. The maximum absolute atomic E-state index is 6.13. The summed E-state index contributed by atoms with van der Waals surface area (Å²) in [6.45, 7) is 6.61. The number of ether oxygens (including phenoxy) is 1. The van der Waals surface area contributed by atoms with E-state index in [2.05, 4.69) is 20.8 Å². The van der Waals surface area contributed by atoms with Crippen LogP contribution in [0.25, 0.3) is 0 Å². The Labute approximate surface area is 92.4 Å². The Kier molecular flexibility index (Phi) is 3.75. The first kappa shape index (κ1) is 12.1. The number of nitrogens with two attached hydrogens (primary N) is 1. The molecule has 2 nitrogen and oxygen atoms in total. The minimum absolute atomic E-state index is 0.107. The molecule has 0 aliphatic rings. The molecule has 15 heavy (non-hydrogen) atoms. The van der Waals surface area contributed by atoms with Crippen LogP contribution in [0.1, 0.15) is 38.8 Å². The number of hydrogen-bond acceptors (Lipinski definition) is 2. The van der Waals surface area contributed by atoms with Gasteiger partial charge in [-0.1, -0.05) is 32.9 Å². The van der Waals surface area contributed by atoms with Crippen molar-refractivity contribution in [3.63, 3.8) is 0 Å². The van der Waals surface area contributed by atoms with Crippen LogP contribution in [0, 0.1) is 5.41 Å². The lowest BCUT2D eigenvalue weighted by Gasteiger charge is -2.23. The summed E-state index contributed by atoms with van der Waals surface area (Å²) in [5.41, 5.74) is 7.57. The van der Waals surface area contributed by atoms with Gasteiger partial charge < -0.3 is 10.5 Å². The third-order valence-electron chi connectivity index (χ3n) is 2.38. The highest BCUT2D eigenvalue weighted by molar-refractivity contribution is 5.28. The van der Waals surface area contributed by atoms with Crippen LogP contribution in [0.15, 0.2) is 24.3 Å².